The predicted molar refractivity (Wildman–Crippen MR) is 54.1 cm³/mol. The zero-order chi connectivity index (χ0) is 9.10. The number of phenols is 1. The number of para-hydroxylation sites is 1. The van der Waals surface area contributed by atoms with Gasteiger partial charge >= 0.3 is 0 Å². The van der Waals surface area contributed by atoms with E-state index in [-0.39, 0.29) is 0 Å². The first-order valence-corrected chi connectivity index (χ1v) is 4.35. The van der Waals surface area contributed by atoms with Crippen molar-refractivity contribution in [3.8, 4) is 5.75 Å². The van der Waals surface area contributed by atoms with Gasteiger partial charge in [-0.2, -0.15) is 0 Å². The fraction of sp³-hybridized carbons (Fsp3) is 0.0833. The van der Waals surface area contributed by atoms with Crippen molar-refractivity contribution in [2.75, 3.05) is 0 Å². The summed E-state index contributed by atoms with van der Waals surface area (Å²) in [4.78, 5) is 0. The molecule has 1 aromatic carbocycles. The van der Waals surface area contributed by atoms with Crippen molar-refractivity contribution in [2.24, 2.45) is 0 Å². The molecular formula is C12H11O. The highest BCUT2D eigenvalue weighted by molar-refractivity contribution is 5.73. The third kappa shape index (κ3) is 1.64. The van der Waals surface area contributed by atoms with Crippen molar-refractivity contribution < 1.29 is 5.11 Å². The summed E-state index contributed by atoms with van der Waals surface area (Å²) in [5, 5.41) is 9.58. The average Bonchev–Trinajstić information content (AvgIpc) is 2.20. The Hall–Kier alpha value is -1.50. The highest BCUT2D eigenvalue weighted by Gasteiger charge is 2.06. The molecule has 0 aromatic heterocycles. The quantitative estimate of drug-likeness (QED) is 0.688. The summed E-state index contributed by atoms with van der Waals surface area (Å²) < 4.78 is 0. The van der Waals surface area contributed by atoms with Crippen LogP contribution in [0.2, 0.25) is 0 Å². The molecule has 0 atom stereocenters. The molecule has 1 aliphatic carbocycles. The van der Waals surface area contributed by atoms with E-state index in [2.05, 4.69) is 6.42 Å². The number of hydrogen-bond acceptors (Lipinski definition) is 1. The lowest BCUT2D eigenvalue weighted by atomic mass is 9.97. The van der Waals surface area contributed by atoms with Crippen LogP contribution in [0.4, 0.5) is 0 Å². The van der Waals surface area contributed by atoms with Crippen LogP contribution >= 0.6 is 0 Å². The molecule has 0 aliphatic heterocycles. The van der Waals surface area contributed by atoms with Gasteiger partial charge in [0.15, 0.2) is 0 Å². The normalized spacial score (nSPS) is 15.5. The van der Waals surface area contributed by atoms with E-state index in [1.54, 1.807) is 6.07 Å². The second-order valence-electron chi connectivity index (χ2n) is 3.03. The molecule has 1 radical (unpaired) electrons. The highest BCUT2D eigenvalue weighted by Crippen LogP contribution is 2.29. The zero-order valence-corrected chi connectivity index (χ0v) is 7.27. The molecule has 13 heavy (non-hydrogen) atoms. The van der Waals surface area contributed by atoms with E-state index in [9.17, 15) is 5.11 Å². The molecule has 0 heterocycles. The monoisotopic (exact) mass is 171 g/mol. The van der Waals surface area contributed by atoms with Crippen LogP contribution in [0.25, 0.3) is 5.57 Å². The summed E-state index contributed by atoms with van der Waals surface area (Å²) in [6.07, 6.45) is 9.03. The minimum atomic E-state index is 0.359. The summed E-state index contributed by atoms with van der Waals surface area (Å²) in [5.74, 6) is 0.359. The van der Waals surface area contributed by atoms with Gasteiger partial charge < -0.3 is 5.11 Å². The first-order valence-electron chi connectivity index (χ1n) is 4.35. The minimum absolute atomic E-state index is 0.359. The zero-order valence-electron chi connectivity index (χ0n) is 7.27. The van der Waals surface area contributed by atoms with Crippen LogP contribution in [0, 0.1) is 6.42 Å². The Kier molecular flexibility index (Phi) is 2.17. The van der Waals surface area contributed by atoms with E-state index in [0.29, 0.717) is 5.75 Å². The van der Waals surface area contributed by atoms with Crippen LogP contribution in [0.5, 0.6) is 5.75 Å². The van der Waals surface area contributed by atoms with Crippen LogP contribution in [0.3, 0.4) is 0 Å². The molecule has 1 heteroatoms. The van der Waals surface area contributed by atoms with Gasteiger partial charge in [0.2, 0.25) is 0 Å². The van der Waals surface area contributed by atoms with Gasteiger partial charge in [-0.25, -0.2) is 0 Å². The molecule has 2 rings (SSSR count). The van der Waals surface area contributed by atoms with Gasteiger partial charge in [-0.1, -0.05) is 36.4 Å². The number of aromatic hydroxyl groups is 1. The van der Waals surface area contributed by atoms with Gasteiger partial charge in [0, 0.05) is 5.56 Å². The molecule has 65 valence electrons. The predicted octanol–water partition coefficient (Wildman–Crippen LogP) is 2.94. The Bertz CT molecular complexity index is 361. The van der Waals surface area contributed by atoms with Crippen LogP contribution in [-0.4, -0.2) is 5.11 Å². The third-order valence-corrected chi connectivity index (χ3v) is 2.13. The standard InChI is InChI=1S/C12H11O/c13-12-9-5-4-8-11(12)10-6-2-1-3-7-10/h1-6,8-9,13H,7H2. The maximum atomic E-state index is 9.58. The number of phenolic OH excluding ortho intramolecular Hbond substituents is 1. The van der Waals surface area contributed by atoms with Crippen molar-refractivity contribution in [3.63, 3.8) is 0 Å². The first kappa shape index (κ1) is 8.11. The molecule has 1 N–H and O–H groups in total. The fourth-order valence-electron chi connectivity index (χ4n) is 1.46. The van der Waals surface area contributed by atoms with Crippen LogP contribution in [0.1, 0.15) is 12.0 Å². The van der Waals surface area contributed by atoms with Gasteiger partial charge in [0.25, 0.3) is 0 Å². The Morgan fingerprint density at radius 3 is 2.62 bits per heavy atom. The lowest BCUT2D eigenvalue weighted by Crippen LogP contribution is -1.88. The smallest absolute Gasteiger partial charge is 0.123 e. The maximum absolute atomic E-state index is 9.58. The van der Waals surface area contributed by atoms with Crippen LogP contribution in [0.15, 0.2) is 42.5 Å². The van der Waals surface area contributed by atoms with Gasteiger partial charge in [0.1, 0.15) is 5.75 Å². The SMILES string of the molecule is Oc1ccccc1C1=CC=C[CH]C1. The van der Waals surface area contributed by atoms with Gasteiger partial charge in [-0.15, -0.1) is 0 Å². The van der Waals surface area contributed by atoms with Gasteiger partial charge in [-0.05, 0) is 24.5 Å². The summed E-state index contributed by atoms with van der Waals surface area (Å²) in [6, 6.07) is 7.43. The second kappa shape index (κ2) is 3.48. The first-order chi connectivity index (χ1) is 6.38. The van der Waals surface area contributed by atoms with E-state index >= 15 is 0 Å². The van der Waals surface area contributed by atoms with Crippen molar-refractivity contribution in [3.05, 3.63) is 54.5 Å². The largest absolute Gasteiger partial charge is 0.507 e. The van der Waals surface area contributed by atoms with E-state index in [1.807, 2.05) is 36.4 Å². The molecule has 0 saturated carbocycles. The van der Waals surface area contributed by atoms with E-state index in [1.165, 1.54) is 5.57 Å². The molecule has 1 nitrogen and oxygen atoms in total. The molecule has 0 amide bonds. The molecule has 1 aromatic rings. The number of rotatable bonds is 1. The summed E-state index contributed by atoms with van der Waals surface area (Å²) in [6.45, 7) is 0. The molecule has 0 saturated heterocycles. The van der Waals surface area contributed by atoms with Crippen LogP contribution < -0.4 is 0 Å². The molecular weight excluding hydrogens is 160 g/mol. The van der Waals surface area contributed by atoms with Crippen LogP contribution in [-0.2, 0) is 0 Å². The summed E-state index contributed by atoms with van der Waals surface area (Å²) in [5.41, 5.74) is 2.10. The molecule has 0 bridgehead atoms. The summed E-state index contributed by atoms with van der Waals surface area (Å²) in [7, 11) is 0. The maximum Gasteiger partial charge on any atom is 0.123 e. The lowest BCUT2D eigenvalue weighted by Gasteiger charge is -2.10. The summed E-state index contributed by atoms with van der Waals surface area (Å²) >= 11 is 0. The Morgan fingerprint density at radius 2 is 1.92 bits per heavy atom. The lowest BCUT2D eigenvalue weighted by molar-refractivity contribution is 0.473. The van der Waals surface area contributed by atoms with Gasteiger partial charge in [-0.3, -0.25) is 0 Å². The van der Waals surface area contributed by atoms with Gasteiger partial charge in [0.05, 0.1) is 0 Å². The van der Waals surface area contributed by atoms with Crippen molar-refractivity contribution in [1.29, 1.82) is 0 Å². The van der Waals surface area contributed by atoms with E-state index in [0.717, 1.165) is 12.0 Å². The topological polar surface area (TPSA) is 20.2 Å². The number of benzene rings is 1. The van der Waals surface area contributed by atoms with E-state index in [4.69, 9.17) is 0 Å². The highest BCUT2D eigenvalue weighted by atomic mass is 16.3. The molecule has 0 spiro atoms. The minimum Gasteiger partial charge on any atom is -0.507 e. The Morgan fingerprint density at radius 1 is 1.08 bits per heavy atom. The third-order valence-electron chi connectivity index (χ3n) is 2.13. The number of allylic oxidation sites excluding steroid dienone is 4. The molecule has 0 unspecified atom stereocenters. The Balaban J connectivity index is 2.40. The van der Waals surface area contributed by atoms with Crippen molar-refractivity contribution in [1.82, 2.24) is 0 Å². The molecule has 1 aliphatic rings. The molecule has 0 fully saturated rings. The fourth-order valence-corrected chi connectivity index (χ4v) is 1.46. The average molecular weight is 171 g/mol. The number of hydrogen-bond donors (Lipinski definition) is 1. The Labute approximate surface area is 78.0 Å². The van der Waals surface area contributed by atoms with Crippen molar-refractivity contribution in [2.45, 2.75) is 6.42 Å². The van der Waals surface area contributed by atoms with Crippen molar-refractivity contribution >= 4 is 5.57 Å². The van der Waals surface area contributed by atoms with E-state index < -0.39 is 0 Å². The second-order valence-corrected chi connectivity index (χ2v) is 3.03.